The van der Waals surface area contributed by atoms with Gasteiger partial charge in [0.05, 0.1) is 11.7 Å². The Morgan fingerprint density at radius 3 is 2.22 bits per heavy atom. The highest BCUT2D eigenvalue weighted by Gasteiger charge is 2.42. The van der Waals surface area contributed by atoms with E-state index in [0.717, 1.165) is 18.2 Å². The number of alkyl halides is 9. The topological polar surface area (TPSA) is 119 Å². The number of likely N-dealkylation sites (N-methyl/N-ethyl adjacent to an activating group) is 1. The van der Waals surface area contributed by atoms with E-state index in [9.17, 15) is 59.3 Å². The number of piperidine rings is 1. The number of aromatic hydroxyl groups is 1. The third-order valence-electron chi connectivity index (χ3n) is 6.58. The van der Waals surface area contributed by atoms with Crippen molar-refractivity contribution >= 4 is 16.9 Å². The van der Waals surface area contributed by atoms with E-state index in [4.69, 9.17) is 9.15 Å². The first-order chi connectivity index (χ1) is 20.7. The number of carbonyl (C=O) groups excluding carboxylic acids is 1. The van der Waals surface area contributed by atoms with Crippen LogP contribution in [0.5, 0.6) is 23.0 Å². The lowest BCUT2D eigenvalue weighted by Crippen LogP contribution is -2.40. The zero-order valence-electron chi connectivity index (χ0n) is 22.8. The predicted octanol–water partition coefficient (Wildman–Crippen LogP) is 5.30. The normalized spacial score (nSPS) is 18.2. The Bertz CT molecular complexity index is 1630. The minimum Gasteiger partial charge on any atom is -0.507 e. The van der Waals surface area contributed by atoms with Gasteiger partial charge in [0.15, 0.2) is 18.6 Å². The van der Waals surface area contributed by atoms with Gasteiger partial charge in [0, 0.05) is 30.2 Å². The van der Waals surface area contributed by atoms with Gasteiger partial charge in [0.2, 0.25) is 0 Å². The van der Waals surface area contributed by atoms with E-state index in [1.54, 1.807) is 11.9 Å². The second kappa shape index (κ2) is 12.3. The maximum atomic E-state index is 13.4. The van der Waals surface area contributed by atoms with Crippen LogP contribution in [0.1, 0.15) is 17.9 Å². The van der Waals surface area contributed by atoms with Gasteiger partial charge < -0.3 is 33.7 Å². The van der Waals surface area contributed by atoms with Gasteiger partial charge in [-0.3, -0.25) is 4.79 Å². The van der Waals surface area contributed by atoms with Gasteiger partial charge in [0.1, 0.15) is 39.7 Å². The summed E-state index contributed by atoms with van der Waals surface area (Å²) in [5.74, 6) is -7.62. The highest BCUT2D eigenvalue weighted by molar-refractivity contribution is 5.93. The average Bonchev–Trinajstić information content (AvgIpc) is 2.90. The second-order valence-electron chi connectivity index (χ2n) is 10.1. The highest BCUT2D eigenvalue weighted by atomic mass is 19.4. The summed E-state index contributed by atoms with van der Waals surface area (Å²) in [6, 6.07) is 3.52. The van der Waals surface area contributed by atoms with Gasteiger partial charge in [-0.05, 0) is 38.2 Å². The molecular weight excluding hydrogens is 637 g/mol. The number of ether oxygens (including phenoxy) is 3. The number of nitrogens with zero attached hydrogens (tertiary/aromatic N) is 1. The SMILES string of the molecule is CN1CC[C@H](c2c(O)cc(OC(=O)C(F)(F)F)c3c(=O)cc(-c4cc(OCC(F)(F)F)ccc4OCC(F)(F)F)oc23)[C@H](O)C1. The number of rotatable bonds is 7. The summed E-state index contributed by atoms with van der Waals surface area (Å²) >= 11 is 0. The molecule has 2 aromatic carbocycles. The third kappa shape index (κ3) is 8.10. The molecule has 4 rings (SSSR count). The van der Waals surface area contributed by atoms with Crippen molar-refractivity contribution in [3.8, 4) is 34.3 Å². The van der Waals surface area contributed by atoms with Crippen LogP contribution < -0.4 is 19.6 Å². The van der Waals surface area contributed by atoms with Crippen LogP contribution in [0.15, 0.2) is 39.5 Å². The van der Waals surface area contributed by atoms with Gasteiger partial charge in [-0.2, -0.15) is 39.5 Å². The fraction of sp³-hybridized carbons (Fsp3) is 0.407. The van der Waals surface area contributed by atoms with Crippen LogP contribution in [-0.2, 0) is 4.79 Å². The van der Waals surface area contributed by atoms with Crippen molar-refractivity contribution in [2.45, 2.75) is 37.0 Å². The van der Waals surface area contributed by atoms with Crippen molar-refractivity contribution in [2.75, 3.05) is 33.4 Å². The molecule has 2 heterocycles. The summed E-state index contributed by atoms with van der Waals surface area (Å²) in [6.07, 6.45) is -16.4. The summed E-state index contributed by atoms with van der Waals surface area (Å²) in [7, 11) is 1.66. The van der Waals surface area contributed by atoms with E-state index >= 15 is 0 Å². The largest absolute Gasteiger partial charge is 0.507 e. The van der Waals surface area contributed by atoms with Gasteiger partial charge in [-0.25, -0.2) is 4.79 Å². The van der Waals surface area contributed by atoms with E-state index in [1.807, 2.05) is 0 Å². The Balaban J connectivity index is 1.97. The number of hydrogen-bond acceptors (Lipinski definition) is 9. The van der Waals surface area contributed by atoms with Gasteiger partial charge in [-0.15, -0.1) is 0 Å². The molecule has 1 aromatic heterocycles. The number of β-amino-alcohol motifs (C(OH)–C–C–N with tert-alkyl or cyclic N) is 1. The number of hydrogen-bond donors (Lipinski definition) is 2. The summed E-state index contributed by atoms with van der Waals surface area (Å²) in [5, 5.41) is 20.8. The molecule has 0 spiro atoms. The molecule has 0 amide bonds. The molecule has 0 aliphatic carbocycles. The van der Waals surface area contributed by atoms with E-state index in [1.165, 1.54) is 0 Å². The zero-order valence-corrected chi connectivity index (χ0v) is 22.8. The molecular formula is C27H22F9NO8. The van der Waals surface area contributed by atoms with Crippen LogP contribution in [0, 0.1) is 0 Å². The summed E-state index contributed by atoms with van der Waals surface area (Å²) in [6.45, 7) is -3.33. The smallest absolute Gasteiger partial charge is 0.491 e. The van der Waals surface area contributed by atoms with Crippen molar-refractivity contribution in [3.05, 3.63) is 46.1 Å². The quantitative estimate of drug-likeness (QED) is 0.198. The zero-order chi connectivity index (χ0) is 33.5. The molecule has 2 atom stereocenters. The molecule has 0 unspecified atom stereocenters. The molecule has 9 nitrogen and oxygen atoms in total. The molecule has 18 heteroatoms. The number of carbonyl (C=O) groups is 1. The number of phenols is 1. The number of aliphatic hydroxyl groups is 1. The fourth-order valence-electron chi connectivity index (χ4n) is 4.70. The van der Waals surface area contributed by atoms with Crippen molar-refractivity contribution in [1.29, 1.82) is 0 Å². The van der Waals surface area contributed by atoms with Crippen LogP contribution in [0.2, 0.25) is 0 Å². The van der Waals surface area contributed by atoms with Gasteiger partial charge in [0.25, 0.3) is 0 Å². The lowest BCUT2D eigenvalue weighted by Gasteiger charge is -2.34. The number of aliphatic hydroxyl groups excluding tert-OH is 1. The standard InChI is InChI=1S/C27H22F9NO8/c1-37-5-4-13(17(40)9-37)21-15(38)8-20(45-24(41)27(34,35)36)22-16(39)7-19(44-23(21)22)14-6-12(42-10-25(28,29)30)2-3-18(14)43-11-26(31,32)33/h2-3,6-8,13,17,38,40H,4-5,9-11H2,1H3/t13-,17+/m0/s1. The number of benzene rings is 2. The van der Waals surface area contributed by atoms with Crippen LogP contribution in [0.25, 0.3) is 22.3 Å². The molecule has 0 radical (unpaired) electrons. The van der Waals surface area contributed by atoms with Crippen LogP contribution in [-0.4, -0.2) is 79.1 Å². The molecule has 3 aromatic rings. The average molecular weight is 659 g/mol. The molecule has 2 N–H and O–H groups in total. The Labute approximate surface area is 246 Å². The maximum absolute atomic E-state index is 13.4. The molecule has 1 aliphatic heterocycles. The van der Waals surface area contributed by atoms with Crippen molar-refractivity contribution in [3.63, 3.8) is 0 Å². The lowest BCUT2D eigenvalue weighted by molar-refractivity contribution is -0.189. The lowest BCUT2D eigenvalue weighted by atomic mass is 9.85. The first-order valence-corrected chi connectivity index (χ1v) is 12.8. The Hall–Kier alpha value is -4.19. The first kappa shape index (κ1) is 33.7. The Morgan fingerprint density at radius 1 is 0.978 bits per heavy atom. The number of halogens is 9. The van der Waals surface area contributed by atoms with Crippen molar-refractivity contribution in [1.82, 2.24) is 4.90 Å². The number of fused-ring (bicyclic) bond motifs is 1. The Morgan fingerprint density at radius 2 is 1.62 bits per heavy atom. The summed E-state index contributed by atoms with van der Waals surface area (Å²) < 4.78 is 136. The number of esters is 1. The molecule has 0 bridgehead atoms. The van der Waals surface area contributed by atoms with Crippen LogP contribution >= 0.6 is 0 Å². The van der Waals surface area contributed by atoms with Crippen LogP contribution in [0.4, 0.5) is 39.5 Å². The summed E-state index contributed by atoms with van der Waals surface area (Å²) in [5.41, 5.74) is -2.80. The van der Waals surface area contributed by atoms with E-state index in [2.05, 4.69) is 9.47 Å². The van der Waals surface area contributed by atoms with Crippen molar-refractivity contribution < 1.29 is 73.1 Å². The van der Waals surface area contributed by atoms with Gasteiger partial charge >= 0.3 is 24.5 Å². The molecule has 45 heavy (non-hydrogen) atoms. The maximum Gasteiger partial charge on any atom is 0.491 e. The second-order valence-corrected chi connectivity index (χ2v) is 10.1. The Kier molecular flexibility index (Phi) is 9.21. The van der Waals surface area contributed by atoms with E-state index in [-0.39, 0.29) is 18.5 Å². The predicted molar refractivity (Wildman–Crippen MR) is 135 cm³/mol. The van der Waals surface area contributed by atoms with Gasteiger partial charge in [-0.1, -0.05) is 0 Å². The van der Waals surface area contributed by atoms with Crippen molar-refractivity contribution in [2.24, 2.45) is 0 Å². The minimum absolute atomic E-state index is 0.0361. The third-order valence-corrected chi connectivity index (χ3v) is 6.58. The fourth-order valence-corrected chi connectivity index (χ4v) is 4.70. The van der Waals surface area contributed by atoms with E-state index < -0.39 is 100 Å². The molecule has 246 valence electrons. The number of likely N-dealkylation sites (tertiary alicyclic amines) is 1. The molecule has 1 saturated heterocycles. The summed E-state index contributed by atoms with van der Waals surface area (Å²) in [4.78, 5) is 26.7. The van der Waals surface area contributed by atoms with E-state index in [0.29, 0.717) is 18.7 Å². The molecule has 1 aliphatic rings. The first-order valence-electron chi connectivity index (χ1n) is 12.8. The van der Waals surface area contributed by atoms with Crippen LogP contribution in [0.3, 0.4) is 0 Å². The highest BCUT2D eigenvalue weighted by Crippen LogP contribution is 2.44. The molecule has 1 fully saturated rings. The minimum atomic E-state index is -5.54. The number of phenolic OH excluding ortho intramolecular Hbond substituents is 1. The molecule has 0 saturated carbocycles. The monoisotopic (exact) mass is 659 g/mol.